The zero-order valence-corrected chi connectivity index (χ0v) is 7.46. The van der Waals surface area contributed by atoms with E-state index in [0.717, 1.165) is 12.8 Å². The molecule has 1 aliphatic carbocycles. The number of oxazole rings is 1. The molecule has 1 fully saturated rings. The SMILES string of the molecule is Fc1ccc2nc(NC3CC3)oc2c1. The number of anilines is 1. The molecule has 4 heteroatoms. The molecular weight excluding hydrogens is 183 g/mol. The van der Waals surface area contributed by atoms with Gasteiger partial charge in [0.05, 0.1) is 0 Å². The summed E-state index contributed by atoms with van der Waals surface area (Å²) in [7, 11) is 0. The molecule has 1 aromatic carbocycles. The first-order valence-corrected chi connectivity index (χ1v) is 4.64. The molecule has 0 bridgehead atoms. The molecule has 2 aromatic rings. The highest BCUT2D eigenvalue weighted by molar-refractivity contribution is 5.74. The second-order valence-corrected chi connectivity index (χ2v) is 3.55. The predicted octanol–water partition coefficient (Wildman–Crippen LogP) is 2.54. The number of nitrogens with zero attached hydrogens (tertiary/aromatic N) is 1. The molecule has 3 rings (SSSR count). The highest BCUT2D eigenvalue weighted by Crippen LogP contribution is 2.26. The van der Waals surface area contributed by atoms with Crippen LogP contribution in [0.5, 0.6) is 0 Å². The zero-order chi connectivity index (χ0) is 9.54. The van der Waals surface area contributed by atoms with Gasteiger partial charge < -0.3 is 9.73 Å². The standard InChI is InChI=1S/C10H9FN2O/c11-6-1-4-8-9(5-6)14-10(13-8)12-7-2-3-7/h1,4-5,7H,2-3H2,(H,12,13). The lowest BCUT2D eigenvalue weighted by atomic mass is 10.3. The Morgan fingerprint density at radius 2 is 2.29 bits per heavy atom. The molecule has 14 heavy (non-hydrogen) atoms. The van der Waals surface area contributed by atoms with Crippen LogP contribution in [0.25, 0.3) is 11.1 Å². The van der Waals surface area contributed by atoms with Gasteiger partial charge in [0.2, 0.25) is 0 Å². The summed E-state index contributed by atoms with van der Waals surface area (Å²) in [6.45, 7) is 0. The second-order valence-electron chi connectivity index (χ2n) is 3.55. The van der Waals surface area contributed by atoms with Crippen LogP contribution in [0.4, 0.5) is 10.4 Å². The van der Waals surface area contributed by atoms with Gasteiger partial charge in [-0.25, -0.2) is 4.39 Å². The van der Waals surface area contributed by atoms with Gasteiger partial charge in [-0.2, -0.15) is 4.98 Å². The predicted molar refractivity (Wildman–Crippen MR) is 50.6 cm³/mol. The molecular formula is C10H9FN2O. The van der Waals surface area contributed by atoms with E-state index in [-0.39, 0.29) is 5.82 Å². The van der Waals surface area contributed by atoms with Gasteiger partial charge in [0.1, 0.15) is 11.3 Å². The first kappa shape index (κ1) is 7.79. The number of fused-ring (bicyclic) bond motifs is 1. The summed E-state index contributed by atoms with van der Waals surface area (Å²) in [6.07, 6.45) is 2.32. The van der Waals surface area contributed by atoms with Crippen LogP contribution in [-0.4, -0.2) is 11.0 Å². The lowest BCUT2D eigenvalue weighted by Crippen LogP contribution is -1.99. The van der Waals surface area contributed by atoms with Gasteiger partial charge in [0, 0.05) is 12.1 Å². The molecule has 72 valence electrons. The Hall–Kier alpha value is -1.58. The molecule has 0 spiro atoms. The van der Waals surface area contributed by atoms with Crippen molar-refractivity contribution in [2.24, 2.45) is 0 Å². The van der Waals surface area contributed by atoms with Crippen LogP contribution in [0.3, 0.4) is 0 Å². The molecule has 1 aliphatic rings. The first-order valence-electron chi connectivity index (χ1n) is 4.64. The van der Waals surface area contributed by atoms with Crippen LogP contribution >= 0.6 is 0 Å². The number of halogens is 1. The van der Waals surface area contributed by atoms with E-state index >= 15 is 0 Å². The number of benzene rings is 1. The van der Waals surface area contributed by atoms with E-state index in [4.69, 9.17) is 4.42 Å². The Labute approximate surface area is 79.9 Å². The zero-order valence-electron chi connectivity index (χ0n) is 7.46. The molecule has 1 N–H and O–H groups in total. The van der Waals surface area contributed by atoms with Crippen molar-refractivity contribution in [3.8, 4) is 0 Å². The van der Waals surface area contributed by atoms with E-state index in [1.165, 1.54) is 12.1 Å². The van der Waals surface area contributed by atoms with E-state index in [0.29, 0.717) is 23.2 Å². The van der Waals surface area contributed by atoms with Crippen LogP contribution in [0.1, 0.15) is 12.8 Å². The Morgan fingerprint density at radius 1 is 1.43 bits per heavy atom. The highest BCUT2D eigenvalue weighted by Gasteiger charge is 2.22. The molecule has 0 aliphatic heterocycles. The number of aromatic nitrogens is 1. The van der Waals surface area contributed by atoms with Crippen LogP contribution < -0.4 is 5.32 Å². The molecule has 0 atom stereocenters. The van der Waals surface area contributed by atoms with E-state index in [1.807, 2.05) is 0 Å². The minimum atomic E-state index is -0.299. The van der Waals surface area contributed by atoms with E-state index in [2.05, 4.69) is 10.3 Å². The molecule has 0 radical (unpaired) electrons. The lowest BCUT2D eigenvalue weighted by Gasteiger charge is -1.93. The van der Waals surface area contributed by atoms with Crippen molar-refractivity contribution in [1.82, 2.24) is 4.98 Å². The third kappa shape index (κ3) is 1.32. The maximum atomic E-state index is 12.8. The van der Waals surface area contributed by atoms with Crippen molar-refractivity contribution >= 4 is 17.1 Å². The number of nitrogens with one attached hydrogen (secondary N) is 1. The number of rotatable bonds is 2. The molecule has 0 unspecified atom stereocenters. The van der Waals surface area contributed by atoms with Gasteiger partial charge in [0.25, 0.3) is 6.01 Å². The third-order valence-electron chi connectivity index (χ3n) is 2.26. The van der Waals surface area contributed by atoms with E-state index in [1.54, 1.807) is 6.07 Å². The summed E-state index contributed by atoms with van der Waals surface area (Å²) in [5.41, 5.74) is 1.18. The van der Waals surface area contributed by atoms with Crippen molar-refractivity contribution in [2.45, 2.75) is 18.9 Å². The summed E-state index contributed by atoms with van der Waals surface area (Å²) in [6, 6.07) is 5.33. The van der Waals surface area contributed by atoms with Crippen molar-refractivity contribution in [1.29, 1.82) is 0 Å². The first-order chi connectivity index (χ1) is 6.81. The summed E-state index contributed by atoms with van der Waals surface area (Å²) >= 11 is 0. The van der Waals surface area contributed by atoms with Gasteiger partial charge in [-0.05, 0) is 25.0 Å². The lowest BCUT2D eigenvalue weighted by molar-refractivity contribution is 0.599. The summed E-state index contributed by atoms with van der Waals surface area (Å²) in [5.74, 6) is -0.299. The normalized spacial score (nSPS) is 16.1. The van der Waals surface area contributed by atoms with Gasteiger partial charge in [-0.15, -0.1) is 0 Å². The summed E-state index contributed by atoms with van der Waals surface area (Å²) < 4.78 is 18.2. The van der Waals surface area contributed by atoms with Crippen molar-refractivity contribution in [3.63, 3.8) is 0 Å². The smallest absolute Gasteiger partial charge is 0.295 e. The fourth-order valence-electron chi connectivity index (χ4n) is 1.36. The Balaban J connectivity index is 2.01. The monoisotopic (exact) mass is 192 g/mol. The largest absolute Gasteiger partial charge is 0.423 e. The van der Waals surface area contributed by atoms with Gasteiger partial charge in [-0.3, -0.25) is 0 Å². The van der Waals surface area contributed by atoms with Crippen LogP contribution in [0, 0.1) is 5.82 Å². The molecule has 1 saturated carbocycles. The van der Waals surface area contributed by atoms with Crippen LogP contribution in [0.2, 0.25) is 0 Å². The Morgan fingerprint density at radius 3 is 3.07 bits per heavy atom. The quantitative estimate of drug-likeness (QED) is 0.794. The second kappa shape index (κ2) is 2.70. The minimum absolute atomic E-state index is 0.299. The highest BCUT2D eigenvalue weighted by atomic mass is 19.1. The van der Waals surface area contributed by atoms with Gasteiger partial charge in [-0.1, -0.05) is 0 Å². The fourth-order valence-corrected chi connectivity index (χ4v) is 1.36. The van der Waals surface area contributed by atoms with E-state index < -0.39 is 0 Å². The fraction of sp³-hybridized carbons (Fsp3) is 0.300. The summed E-state index contributed by atoms with van der Waals surface area (Å²) in [4.78, 5) is 4.19. The molecule has 0 saturated heterocycles. The average Bonchev–Trinajstić information content (AvgIpc) is 2.84. The van der Waals surface area contributed by atoms with Gasteiger partial charge >= 0.3 is 0 Å². The topological polar surface area (TPSA) is 38.1 Å². The molecule has 3 nitrogen and oxygen atoms in total. The molecule has 1 aromatic heterocycles. The van der Waals surface area contributed by atoms with E-state index in [9.17, 15) is 4.39 Å². The summed E-state index contributed by atoms with van der Waals surface area (Å²) in [5, 5.41) is 3.12. The molecule has 0 amide bonds. The van der Waals surface area contributed by atoms with Crippen LogP contribution in [0.15, 0.2) is 22.6 Å². The average molecular weight is 192 g/mol. The van der Waals surface area contributed by atoms with Crippen molar-refractivity contribution < 1.29 is 8.81 Å². The van der Waals surface area contributed by atoms with Crippen molar-refractivity contribution in [2.75, 3.05) is 5.32 Å². The number of hydrogen-bond acceptors (Lipinski definition) is 3. The van der Waals surface area contributed by atoms with Crippen LogP contribution in [-0.2, 0) is 0 Å². The third-order valence-corrected chi connectivity index (χ3v) is 2.26. The Bertz CT molecular complexity index is 476. The van der Waals surface area contributed by atoms with Crippen molar-refractivity contribution in [3.05, 3.63) is 24.0 Å². The number of hydrogen-bond donors (Lipinski definition) is 1. The maximum Gasteiger partial charge on any atom is 0.295 e. The Kier molecular flexibility index (Phi) is 1.50. The minimum Gasteiger partial charge on any atom is -0.423 e. The van der Waals surface area contributed by atoms with Gasteiger partial charge in [0.15, 0.2) is 5.58 Å². The maximum absolute atomic E-state index is 12.8. The molecule has 1 heterocycles.